The van der Waals surface area contributed by atoms with Gasteiger partial charge >= 0.3 is 0 Å². The molecule has 1 N–H and O–H groups in total. The molecule has 1 aromatic carbocycles. The number of aliphatic hydroxyl groups excluding tert-OH is 1. The molecule has 1 aromatic rings. The fourth-order valence-electron chi connectivity index (χ4n) is 5.67. The van der Waals surface area contributed by atoms with Gasteiger partial charge in [0.15, 0.2) is 0 Å². The van der Waals surface area contributed by atoms with Crippen molar-refractivity contribution in [1.29, 1.82) is 0 Å². The Kier molecular flexibility index (Phi) is 6.32. The van der Waals surface area contributed by atoms with Crippen LogP contribution in [0.3, 0.4) is 0 Å². The highest BCUT2D eigenvalue weighted by Gasteiger charge is 2.53. The van der Waals surface area contributed by atoms with Crippen molar-refractivity contribution in [2.24, 2.45) is 22.7 Å². The zero-order chi connectivity index (χ0) is 19.5. The monoisotopic (exact) mass is 372 g/mol. The van der Waals surface area contributed by atoms with E-state index in [-0.39, 0.29) is 10.8 Å². The summed E-state index contributed by atoms with van der Waals surface area (Å²) in [5, 5.41) is 9.70. The zero-order valence-corrected chi connectivity index (χ0v) is 17.5. The number of hydrogen-bond donors (Lipinski definition) is 1. The lowest BCUT2D eigenvalue weighted by Crippen LogP contribution is -2.50. The molecule has 0 spiro atoms. The Labute approximate surface area is 164 Å². The third kappa shape index (κ3) is 3.95. The Morgan fingerprint density at radius 3 is 2.52 bits per heavy atom. The lowest BCUT2D eigenvalue weighted by Gasteiger charge is -2.58. The molecule has 0 heterocycles. The maximum atomic E-state index is 9.70. The van der Waals surface area contributed by atoms with Gasteiger partial charge in [0.05, 0.1) is 20.3 Å². The van der Waals surface area contributed by atoms with Crippen LogP contribution in [-0.2, 0) is 11.3 Å². The van der Waals surface area contributed by atoms with Gasteiger partial charge in [-0.05, 0) is 78.0 Å². The Balaban J connectivity index is 1.68. The lowest BCUT2D eigenvalue weighted by atomic mass is 9.47. The largest absolute Gasteiger partial charge is 0.497 e. The molecule has 3 heteroatoms. The molecule has 27 heavy (non-hydrogen) atoms. The molecule has 4 atom stereocenters. The Hall–Kier alpha value is -1.32. The maximum absolute atomic E-state index is 9.70. The van der Waals surface area contributed by atoms with Gasteiger partial charge in [-0.1, -0.05) is 39.0 Å². The smallest absolute Gasteiger partial charge is 0.118 e. The molecule has 0 aliphatic heterocycles. The van der Waals surface area contributed by atoms with Crippen LogP contribution in [0.4, 0.5) is 0 Å². The minimum Gasteiger partial charge on any atom is -0.497 e. The topological polar surface area (TPSA) is 38.7 Å². The van der Waals surface area contributed by atoms with Gasteiger partial charge in [0.25, 0.3) is 0 Å². The second kappa shape index (κ2) is 8.36. The first-order valence-electron chi connectivity index (χ1n) is 10.4. The molecule has 0 unspecified atom stereocenters. The van der Waals surface area contributed by atoms with E-state index < -0.39 is 0 Å². The third-order valence-corrected chi connectivity index (χ3v) is 7.70. The Bertz CT molecular complexity index is 650. The van der Waals surface area contributed by atoms with E-state index >= 15 is 0 Å². The zero-order valence-electron chi connectivity index (χ0n) is 17.5. The highest BCUT2D eigenvalue weighted by Crippen LogP contribution is 2.61. The number of methoxy groups -OCH3 is 1. The van der Waals surface area contributed by atoms with Crippen molar-refractivity contribution in [1.82, 2.24) is 0 Å². The van der Waals surface area contributed by atoms with Crippen LogP contribution in [0.5, 0.6) is 5.75 Å². The average Bonchev–Trinajstić information content (AvgIpc) is 2.67. The van der Waals surface area contributed by atoms with E-state index in [9.17, 15) is 5.11 Å². The van der Waals surface area contributed by atoms with Crippen molar-refractivity contribution in [3.63, 3.8) is 0 Å². The van der Waals surface area contributed by atoms with Crippen LogP contribution in [0.25, 0.3) is 0 Å². The highest BCUT2D eigenvalue weighted by atomic mass is 16.5. The summed E-state index contributed by atoms with van der Waals surface area (Å²) in [6, 6.07) is 8.11. The molecule has 0 bridgehead atoms. The number of rotatable bonds is 7. The number of benzene rings is 1. The fourth-order valence-corrected chi connectivity index (χ4v) is 5.67. The van der Waals surface area contributed by atoms with Crippen LogP contribution in [0.1, 0.15) is 58.4 Å². The SMILES string of the molecule is COc1ccc(COCC2=CCC[C@H]3[C@](C)(CCO)[C@H](C)CC[C@]23C)cc1. The molecule has 2 aliphatic rings. The molecule has 0 aromatic heterocycles. The standard InChI is InChI=1S/C24H36O3/c1-18-12-13-24(3)20(6-5-7-22(24)23(18,2)14-15-25)17-27-16-19-8-10-21(26-4)11-9-19/h6,8-11,18,22,25H,5,7,12-17H2,1-4H3/t18-,22+,23-,24-/m1/s1. The van der Waals surface area contributed by atoms with E-state index in [1.807, 2.05) is 12.1 Å². The Morgan fingerprint density at radius 1 is 1.11 bits per heavy atom. The van der Waals surface area contributed by atoms with E-state index in [1.165, 1.54) is 30.4 Å². The Morgan fingerprint density at radius 2 is 1.85 bits per heavy atom. The van der Waals surface area contributed by atoms with Gasteiger partial charge in [0, 0.05) is 6.61 Å². The molecular weight excluding hydrogens is 336 g/mol. The van der Waals surface area contributed by atoms with Gasteiger partial charge in [0.1, 0.15) is 5.75 Å². The summed E-state index contributed by atoms with van der Waals surface area (Å²) in [6.45, 7) is 8.88. The lowest BCUT2D eigenvalue weighted by molar-refractivity contribution is -0.0611. The minimum atomic E-state index is 0.203. The number of fused-ring (bicyclic) bond motifs is 1. The predicted octanol–water partition coefficient (Wildman–Crippen LogP) is 5.37. The van der Waals surface area contributed by atoms with E-state index in [4.69, 9.17) is 9.47 Å². The fraction of sp³-hybridized carbons (Fsp3) is 0.667. The minimum absolute atomic E-state index is 0.203. The summed E-state index contributed by atoms with van der Waals surface area (Å²) in [7, 11) is 1.69. The maximum Gasteiger partial charge on any atom is 0.118 e. The number of aliphatic hydroxyl groups is 1. The molecule has 2 aliphatic carbocycles. The molecular formula is C24H36O3. The number of hydrogen-bond acceptors (Lipinski definition) is 3. The molecule has 3 rings (SSSR count). The third-order valence-electron chi connectivity index (χ3n) is 7.70. The first kappa shape index (κ1) is 20.4. The van der Waals surface area contributed by atoms with Crippen molar-refractivity contribution in [3.8, 4) is 5.75 Å². The average molecular weight is 373 g/mol. The normalized spacial score (nSPS) is 33.3. The molecule has 150 valence electrons. The highest BCUT2D eigenvalue weighted by molar-refractivity contribution is 5.27. The van der Waals surface area contributed by atoms with Crippen LogP contribution in [-0.4, -0.2) is 25.4 Å². The van der Waals surface area contributed by atoms with Crippen molar-refractivity contribution in [2.45, 2.75) is 59.5 Å². The van der Waals surface area contributed by atoms with Crippen LogP contribution >= 0.6 is 0 Å². The van der Waals surface area contributed by atoms with Gasteiger partial charge in [-0.3, -0.25) is 0 Å². The second-order valence-electron chi connectivity index (χ2n) is 9.04. The molecule has 1 fully saturated rings. The molecule has 0 amide bonds. The molecule has 1 saturated carbocycles. The quantitative estimate of drug-likeness (QED) is 0.654. The van der Waals surface area contributed by atoms with Gasteiger partial charge in [-0.25, -0.2) is 0 Å². The van der Waals surface area contributed by atoms with Crippen LogP contribution in [0.2, 0.25) is 0 Å². The van der Waals surface area contributed by atoms with Crippen molar-refractivity contribution < 1.29 is 14.6 Å². The number of allylic oxidation sites excluding steroid dienone is 1. The first-order valence-corrected chi connectivity index (χ1v) is 10.4. The summed E-state index contributed by atoms with van der Waals surface area (Å²) in [6.07, 6.45) is 8.18. The van der Waals surface area contributed by atoms with E-state index in [0.717, 1.165) is 18.6 Å². The summed E-state index contributed by atoms with van der Waals surface area (Å²) < 4.78 is 11.4. The van der Waals surface area contributed by atoms with Crippen LogP contribution in [0.15, 0.2) is 35.9 Å². The van der Waals surface area contributed by atoms with E-state index in [2.05, 4.69) is 39.0 Å². The first-order chi connectivity index (χ1) is 12.9. The van der Waals surface area contributed by atoms with E-state index in [0.29, 0.717) is 31.7 Å². The summed E-state index contributed by atoms with van der Waals surface area (Å²) in [5.74, 6) is 2.18. The molecule has 0 saturated heterocycles. The predicted molar refractivity (Wildman–Crippen MR) is 110 cm³/mol. The number of ether oxygens (including phenoxy) is 2. The van der Waals surface area contributed by atoms with Gasteiger partial charge in [0.2, 0.25) is 0 Å². The molecule has 0 radical (unpaired) electrons. The van der Waals surface area contributed by atoms with Crippen LogP contribution < -0.4 is 4.74 Å². The van der Waals surface area contributed by atoms with Gasteiger partial charge in [-0.15, -0.1) is 0 Å². The van der Waals surface area contributed by atoms with Crippen LogP contribution in [0, 0.1) is 22.7 Å². The molecule has 3 nitrogen and oxygen atoms in total. The van der Waals surface area contributed by atoms with Crippen molar-refractivity contribution in [3.05, 3.63) is 41.5 Å². The summed E-state index contributed by atoms with van der Waals surface area (Å²) in [5.41, 5.74) is 3.07. The second-order valence-corrected chi connectivity index (χ2v) is 9.04. The summed E-state index contributed by atoms with van der Waals surface area (Å²) in [4.78, 5) is 0. The van der Waals surface area contributed by atoms with E-state index in [1.54, 1.807) is 7.11 Å². The van der Waals surface area contributed by atoms with Gasteiger partial charge < -0.3 is 14.6 Å². The van der Waals surface area contributed by atoms with Gasteiger partial charge in [-0.2, -0.15) is 0 Å². The summed E-state index contributed by atoms with van der Waals surface area (Å²) >= 11 is 0. The van der Waals surface area contributed by atoms with Crippen molar-refractivity contribution in [2.75, 3.05) is 20.3 Å². The van der Waals surface area contributed by atoms with Crippen molar-refractivity contribution >= 4 is 0 Å².